The Kier molecular flexibility index (Phi) is 7.92. The molecule has 4 heteroatoms. The number of benzene rings is 1. The van der Waals surface area contributed by atoms with Gasteiger partial charge < -0.3 is 15.3 Å². The third-order valence-electron chi connectivity index (χ3n) is 6.50. The highest BCUT2D eigenvalue weighted by Crippen LogP contribution is 2.42. The maximum absolute atomic E-state index is 13.2. The Morgan fingerprint density at radius 1 is 1.21 bits per heavy atom. The van der Waals surface area contributed by atoms with Crippen molar-refractivity contribution >= 4 is 5.91 Å². The summed E-state index contributed by atoms with van der Waals surface area (Å²) in [5.41, 5.74) is 2.81. The van der Waals surface area contributed by atoms with Gasteiger partial charge in [-0.25, -0.2) is 0 Å². The van der Waals surface area contributed by atoms with E-state index in [9.17, 15) is 9.90 Å². The van der Waals surface area contributed by atoms with Crippen molar-refractivity contribution in [2.45, 2.75) is 77.3 Å². The Balaban J connectivity index is 1.66. The zero-order valence-corrected chi connectivity index (χ0v) is 17.7. The van der Waals surface area contributed by atoms with E-state index in [4.69, 9.17) is 0 Å². The van der Waals surface area contributed by atoms with E-state index in [0.717, 1.165) is 19.4 Å². The Bertz CT molecular complexity index is 625. The molecule has 0 saturated heterocycles. The summed E-state index contributed by atoms with van der Waals surface area (Å²) in [6, 6.07) is 9.08. The van der Waals surface area contributed by atoms with Gasteiger partial charge in [-0.2, -0.15) is 0 Å². The molecule has 2 atom stereocenters. The summed E-state index contributed by atoms with van der Waals surface area (Å²) in [5, 5.41) is 12.9. The van der Waals surface area contributed by atoms with Crippen molar-refractivity contribution < 1.29 is 9.90 Å². The SMILES string of the molecule is CC(C)C[C@H](CO)NCCC(=O)N1CCc2ccccc2C1C1CCCCC1. The van der Waals surface area contributed by atoms with Crippen LogP contribution in [0.4, 0.5) is 0 Å². The molecule has 1 fully saturated rings. The summed E-state index contributed by atoms with van der Waals surface area (Å²) >= 11 is 0. The molecule has 0 aromatic heterocycles. The topological polar surface area (TPSA) is 52.6 Å². The van der Waals surface area contributed by atoms with Gasteiger partial charge in [0, 0.05) is 25.6 Å². The van der Waals surface area contributed by atoms with E-state index in [-0.39, 0.29) is 24.6 Å². The first-order chi connectivity index (χ1) is 13.6. The van der Waals surface area contributed by atoms with Crippen LogP contribution in [0.1, 0.15) is 76.0 Å². The van der Waals surface area contributed by atoms with Crippen molar-refractivity contribution in [2.24, 2.45) is 11.8 Å². The van der Waals surface area contributed by atoms with Gasteiger partial charge in [0.2, 0.25) is 5.91 Å². The fourth-order valence-corrected chi connectivity index (χ4v) is 5.15. The number of amides is 1. The van der Waals surface area contributed by atoms with E-state index in [2.05, 4.69) is 48.3 Å². The van der Waals surface area contributed by atoms with Crippen molar-refractivity contribution in [3.05, 3.63) is 35.4 Å². The molecule has 0 spiro atoms. The van der Waals surface area contributed by atoms with Crippen molar-refractivity contribution in [3.63, 3.8) is 0 Å². The van der Waals surface area contributed by atoms with Gasteiger partial charge in [-0.15, -0.1) is 0 Å². The number of nitrogens with one attached hydrogen (secondary N) is 1. The lowest BCUT2D eigenvalue weighted by Gasteiger charge is -2.43. The summed E-state index contributed by atoms with van der Waals surface area (Å²) in [5.74, 6) is 1.40. The minimum Gasteiger partial charge on any atom is -0.395 e. The summed E-state index contributed by atoms with van der Waals surface area (Å²) in [7, 11) is 0. The van der Waals surface area contributed by atoms with Gasteiger partial charge in [0.25, 0.3) is 0 Å². The Morgan fingerprint density at radius 3 is 2.68 bits per heavy atom. The highest BCUT2D eigenvalue weighted by Gasteiger charge is 2.36. The van der Waals surface area contributed by atoms with Crippen molar-refractivity contribution in [1.82, 2.24) is 10.2 Å². The van der Waals surface area contributed by atoms with E-state index in [0.29, 0.717) is 24.8 Å². The normalized spacial score (nSPS) is 21.6. The van der Waals surface area contributed by atoms with E-state index in [1.807, 2.05) is 0 Å². The minimum atomic E-state index is 0.0871. The first-order valence-electron chi connectivity index (χ1n) is 11.3. The lowest BCUT2D eigenvalue weighted by atomic mass is 9.77. The van der Waals surface area contributed by atoms with Crippen LogP contribution in [0, 0.1) is 11.8 Å². The van der Waals surface area contributed by atoms with Crippen molar-refractivity contribution in [3.8, 4) is 0 Å². The number of nitrogens with zero attached hydrogens (tertiary/aromatic N) is 1. The van der Waals surface area contributed by atoms with Gasteiger partial charge in [0.05, 0.1) is 12.6 Å². The van der Waals surface area contributed by atoms with Crippen LogP contribution >= 0.6 is 0 Å². The molecule has 28 heavy (non-hydrogen) atoms. The van der Waals surface area contributed by atoms with Crippen molar-refractivity contribution in [2.75, 3.05) is 19.7 Å². The second-order valence-corrected chi connectivity index (χ2v) is 9.09. The van der Waals surface area contributed by atoms with Crippen LogP contribution in [0.3, 0.4) is 0 Å². The Morgan fingerprint density at radius 2 is 1.96 bits per heavy atom. The van der Waals surface area contributed by atoms with E-state index in [1.54, 1.807) is 0 Å². The molecule has 1 unspecified atom stereocenters. The Hall–Kier alpha value is -1.39. The second-order valence-electron chi connectivity index (χ2n) is 9.09. The van der Waals surface area contributed by atoms with Crippen LogP contribution in [0.5, 0.6) is 0 Å². The predicted octanol–water partition coefficient (Wildman–Crippen LogP) is 4.08. The number of aliphatic hydroxyl groups is 1. The molecule has 1 aliphatic carbocycles. The quantitative estimate of drug-likeness (QED) is 0.708. The number of fused-ring (bicyclic) bond motifs is 1. The van der Waals surface area contributed by atoms with E-state index >= 15 is 0 Å². The third kappa shape index (κ3) is 5.36. The van der Waals surface area contributed by atoms with Gasteiger partial charge in [-0.3, -0.25) is 4.79 Å². The molecule has 2 aliphatic rings. The third-order valence-corrected chi connectivity index (χ3v) is 6.50. The molecule has 1 saturated carbocycles. The largest absolute Gasteiger partial charge is 0.395 e. The highest BCUT2D eigenvalue weighted by molar-refractivity contribution is 5.77. The first-order valence-corrected chi connectivity index (χ1v) is 11.3. The lowest BCUT2D eigenvalue weighted by molar-refractivity contribution is -0.135. The van der Waals surface area contributed by atoms with E-state index < -0.39 is 0 Å². The molecular formula is C24H38N2O2. The zero-order valence-electron chi connectivity index (χ0n) is 17.7. The molecule has 0 radical (unpaired) electrons. The van der Waals surface area contributed by atoms with Crippen LogP contribution < -0.4 is 5.32 Å². The van der Waals surface area contributed by atoms with Crippen LogP contribution in [0.25, 0.3) is 0 Å². The maximum atomic E-state index is 13.2. The average Bonchev–Trinajstić information content (AvgIpc) is 2.72. The molecule has 1 heterocycles. The monoisotopic (exact) mass is 386 g/mol. The van der Waals surface area contributed by atoms with Gasteiger partial charge in [0.15, 0.2) is 0 Å². The number of carbonyl (C=O) groups excluding carboxylic acids is 1. The van der Waals surface area contributed by atoms with Gasteiger partial charge in [-0.05, 0) is 48.6 Å². The molecule has 3 rings (SSSR count). The molecule has 2 N–H and O–H groups in total. The number of carbonyl (C=O) groups is 1. The lowest BCUT2D eigenvalue weighted by Crippen LogP contribution is -2.45. The smallest absolute Gasteiger partial charge is 0.224 e. The first kappa shape index (κ1) is 21.3. The van der Waals surface area contributed by atoms with Crippen LogP contribution in [0.15, 0.2) is 24.3 Å². The molecule has 1 aliphatic heterocycles. The zero-order chi connectivity index (χ0) is 19.9. The summed E-state index contributed by atoms with van der Waals surface area (Å²) in [6.07, 6.45) is 8.81. The highest BCUT2D eigenvalue weighted by atomic mass is 16.3. The van der Waals surface area contributed by atoms with Crippen LogP contribution in [-0.4, -0.2) is 41.7 Å². The molecule has 156 valence electrons. The summed E-state index contributed by atoms with van der Waals surface area (Å²) in [4.78, 5) is 15.4. The molecule has 1 aromatic carbocycles. The van der Waals surface area contributed by atoms with Crippen LogP contribution in [0.2, 0.25) is 0 Å². The van der Waals surface area contributed by atoms with Crippen molar-refractivity contribution in [1.29, 1.82) is 0 Å². The fraction of sp³-hybridized carbons (Fsp3) is 0.708. The maximum Gasteiger partial charge on any atom is 0.224 e. The minimum absolute atomic E-state index is 0.0871. The van der Waals surface area contributed by atoms with Crippen LogP contribution in [-0.2, 0) is 11.2 Å². The standard InChI is InChI=1S/C24H38N2O2/c1-18(2)16-21(17-27)25-14-12-23(28)26-15-13-19-8-6-7-11-22(19)24(26)20-9-4-3-5-10-20/h6-8,11,18,20-21,24-25,27H,3-5,9-10,12-17H2,1-2H3/t21-,24?/m1/s1. The predicted molar refractivity (Wildman–Crippen MR) is 114 cm³/mol. The van der Waals surface area contributed by atoms with Gasteiger partial charge in [0.1, 0.15) is 0 Å². The van der Waals surface area contributed by atoms with Gasteiger partial charge in [-0.1, -0.05) is 57.4 Å². The number of rotatable bonds is 8. The average molecular weight is 387 g/mol. The second kappa shape index (κ2) is 10.4. The molecule has 1 amide bonds. The number of hydrogen-bond acceptors (Lipinski definition) is 3. The number of aliphatic hydroxyl groups excluding tert-OH is 1. The molecule has 1 aromatic rings. The number of hydrogen-bond donors (Lipinski definition) is 2. The molecular weight excluding hydrogens is 348 g/mol. The summed E-state index contributed by atoms with van der Waals surface area (Å²) < 4.78 is 0. The van der Waals surface area contributed by atoms with E-state index in [1.165, 1.54) is 43.2 Å². The fourth-order valence-electron chi connectivity index (χ4n) is 5.15. The van der Waals surface area contributed by atoms with Gasteiger partial charge >= 0.3 is 0 Å². The Labute approximate surface area is 170 Å². The molecule has 4 nitrogen and oxygen atoms in total. The summed E-state index contributed by atoms with van der Waals surface area (Å²) in [6.45, 7) is 5.94. The molecule has 0 bridgehead atoms.